The lowest BCUT2D eigenvalue weighted by Crippen LogP contribution is -2.43. The van der Waals surface area contributed by atoms with E-state index < -0.39 is 0 Å². The minimum atomic E-state index is -0.300. The summed E-state index contributed by atoms with van der Waals surface area (Å²) in [7, 11) is 0. The Hall–Kier alpha value is -2.37. The van der Waals surface area contributed by atoms with E-state index >= 15 is 0 Å². The SMILES string of the molecule is CCCC(=O)N(CC(=O)NCC(=O)Nc1cccc(C)c1)C1CC1. The van der Waals surface area contributed by atoms with Gasteiger partial charge in [-0.25, -0.2) is 0 Å². The molecule has 0 saturated heterocycles. The molecule has 0 bridgehead atoms. The first kappa shape index (κ1) is 18.0. The van der Waals surface area contributed by atoms with Gasteiger partial charge in [-0.2, -0.15) is 0 Å². The third kappa shape index (κ3) is 5.68. The fraction of sp³-hybridized carbons (Fsp3) is 0.500. The quantitative estimate of drug-likeness (QED) is 0.763. The average molecular weight is 331 g/mol. The smallest absolute Gasteiger partial charge is 0.243 e. The summed E-state index contributed by atoms with van der Waals surface area (Å²) < 4.78 is 0. The van der Waals surface area contributed by atoms with E-state index in [2.05, 4.69) is 10.6 Å². The number of carbonyl (C=O) groups excluding carboxylic acids is 3. The van der Waals surface area contributed by atoms with Gasteiger partial charge in [0.15, 0.2) is 0 Å². The van der Waals surface area contributed by atoms with E-state index in [0.717, 1.165) is 24.8 Å². The van der Waals surface area contributed by atoms with Gasteiger partial charge in [0.2, 0.25) is 17.7 Å². The van der Waals surface area contributed by atoms with Crippen LogP contribution in [0.2, 0.25) is 0 Å². The van der Waals surface area contributed by atoms with Crippen LogP contribution in [0.15, 0.2) is 24.3 Å². The van der Waals surface area contributed by atoms with Crippen molar-refractivity contribution in [2.24, 2.45) is 0 Å². The van der Waals surface area contributed by atoms with E-state index in [-0.39, 0.29) is 36.9 Å². The molecule has 2 rings (SSSR count). The highest BCUT2D eigenvalue weighted by molar-refractivity contribution is 5.95. The highest BCUT2D eigenvalue weighted by Crippen LogP contribution is 2.27. The normalized spacial score (nSPS) is 13.2. The van der Waals surface area contributed by atoms with Gasteiger partial charge in [0.05, 0.1) is 13.1 Å². The van der Waals surface area contributed by atoms with Crippen molar-refractivity contribution < 1.29 is 14.4 Å². The Labute approximate surface area is 142 Å². The second kappa shape index (κ2) is 8.47. The predicted octanol–water partition coefficient (Wildman–Crippen LogP) is 1.84. The van der Waals surface area contributed by atoms with Crippen molar-refractivity contribution in [3.63, 3.8) is 0 Å². The second-order valence-electron chi connectivity index (χ2n) is 6.20. The Bertz CT molecular complexity index is 611. The first-order valence-electron chi connectivity index (χ1n) is 8.42. The highest BCUT2D eigenvalue weighted by atomic mass is 16.2. The van der Waals surface area contributed by atoms with Crippen LogP contribution in [0.4, 0.5) is 5.69 Å². The van der Waals surface area contributed by atoms with Gasteiger partial charge in [-0.1, -0.05) is 19.1 Å². The van der Waals surface area contributed by atoms with Crippen LogP contribution in [-0.2, 0) is 14.4 Å². The predicted molar refractivity (Wildman–Crippen MR) is 92.5 cm³/mol. The van der Waals surface area contributed by atoms with E-state index in [1.165, 1.54) is 0 Å². The fourth-order valence-electron chi connectivity index (χ4n) is 2.48. The number of amides is 3. The molecule has 0 heterocycles. The molecule has 1 aromatic rings. The van der Waals surface area contributed by atoms with Crippen molar-refractivity contribution >= 4 is 23.4 Å². The molecule has 6 heteroatoms. The molecule has 130 valence electrons. The van der Waals surface area contributed by atoms with Crippen molar-refractivity contribution in [2.45, 2.75) is 45.6 Å². The van der Waals surface area contributed by atoms with Gasteiger partial charge in [0, 0.05) is 18.2 Å². The fourth-order valence-corrected chi connectivity index (χ4v) is 2.48. The van der Waals surface area contributed by atoms with Crippen LogP contribution in [0, 0.1) is 6.92 Å². The second-order valence-corrected chi connectivity index (χ2v) is 6.20. The topological polar surface area (TPSA) is 78.5 Å². The third-order valence-corrected chi connectivity index (χ3v) is 3.83. The van der Waals surface area contributed by atoms with Crippen LogP contribution in [0.25, 0.3) is 0 Å². The molecular formula is C18H25N3O3. The summed E-state index contributed by atoms with van der Waals surface area (Å²) in [4.78, 5) is 37.6. The maximum absolute atomic E-state index is 12.0. The summed E-state index contributed by atoms with van der Waals surface area (Å²) >= 11 is 0. The van der Waals surface area contributed by atoms with Gasteiger partial charge in [-0.15, -0.1) is 0 Å². The zero-order valence-corrected chi connectivity index (χ0v) is 14.3. The molecule has 0 aromatic heterocycles. The molecule has 0 radical (unpaired) electrons. The molecule has 3 amide bonds. The van der Waals surface area contributed by atoms with Gasteiger partial charge >= 0.3 is 0 Å². The van der Waals surface area contributed by atoms with Crippen LogP contribution >= 0.6 is 0 Å². The van der Waals surface area contributed by atoms with Gasteiger partial charge in [0.25, 0.3) is 0 Å². The molecule has 1 aliphatic rings. The summed E-state index contributed by atoms with van der Waals surface area (Å²) in [5.41, 5.74) is 1.75. The number of carbonyl (C=O) groups is 3. The highest BCUT2D eigenvalue weighted by Gasteiger charge is 2.33. The number of nitrogens with zero attached hydrogens (tertiary/aromatic N) is 1. The van der Waals surface area contributed by atoms with Crippen molar-refractivity contribution in [3.8, 4) is 0 Å². The van der Waals surface area contributed by atoms with Gasteiger partial charge in [-0.05, 0) is 43.9 Å². The monoisotopic (exact) mass is 331 g/mol. The lowest BCUT2D eigenvalue weighted by Gasteiger charge is -2.21. The number of nitrogens with one attached hydrogen (secondary N) is 2. The molecule has 0 aliphatic heterocycles. The molecule has 1 saturated carbocycles. The Kier molecular flexibility index (Phi) is 6.35. The Morgan fingerprint density at radius 1 is 1.21 bits per heavy atom. The van der Waals surface area contributed by atoms with Gasteiger partial charge in [-0.3, -0.25) is 14.4 Å². The number of hydrogen-bond donors (Lipinski definition) is 2. The molecule has 24 heavy (non-hydrogen) atoms. The van der Waals surface area contributed by atoms with Crippen molar-refractivity contribution in [1.82, 2.24) is 10.2 Å². The molecular weight excluding hydrogens is 306 g/mol. The molecule has 0 spiro atoms. The number of benzene rings is 1. The van der Waals surface area contributed by atoms with E-state index in [4.69, 9.17) is 0 Å². The Morgan fingerprint density at radius 2 is 1.96 bits per heavy atom. The zero-order valence-electron chi connectivity index (χ0n) is 14.3. The summed E-state index contributed by atoms with van der Waals surface area (Å²) in [6.45, 7) is 3.81. The first-order chi connectivity index (χ1) is 11.5. The molecule has 1 aromatic carbocycles. The van der Waals surface area contributed by atoms with Crippen LogP contribution in [0.5, 0.6) is 0 Å². The first-order valence-corrected chi connectivity index (χ1v) is 8.42. The van der Waals surface area contributed by atoms with Gasteiger partial charge < -0.3 is 15.5 Å². The largest absolute Gasteiger partial charge is 0.345 e. The lowest BCUT2D eigenvalue weighted by molar-refractivity contribution is -0.136. The van der Waals surface area contributed by atoms with Crippen molar-refractivity contribution in [1.29, 1.82) is 0 Å². The van der Waals surface area contributed by atoms with E-state index in [9.17, 15) is 14.4 Å². The van der Waals surface area contributed by atoms with Crippen LogP contribution < -0.4 is 10.6 Å². The van der Waals surface area contributed by atoms with E-state index in [0.29, 0.717) is 12.1 Å². The lowest BCUT2D eigenvalue weighted by atomic mass is 10.2. The number of aryl methyl sites for hydroxylation is 1. The average Bonchev–Trinajstić information content (AvgIpc) is 3.35. The van der Waals surface area contributed by atoms with Gasteiger partial charge in [0.1, 0.15) is 0 Å². The van der Waals surface area contributed by atoms with Crippen LogP contribution in [0.3, 0.4) is 0 Å². The summed E-state index contributed by atoms with van der Waals surface area (Å²) in [6.07, 6.45) is 3.13. The molecule has 1 fully saturated rings. The molecule has 0 atom stereocenters. The zero-order chi connectivity index (χ0) is 17.5. The Balaban J connectivity index is 1.77. The van der Waals surface area contributed by atoms with Crippen molar-refractivity contribution in [2.75, 3.05) is 18.4 Å². The van der Waals surface area contributed by atoms with E-state index in [1.807, 2.05) is 32.0 Å². The standard InChI is InChI=1S/C18H25N3O3/c1-3-5-18(24)21(15-8-9-15)12-17(23)19-11-16(22)20-14-7-4-6-13(2)10-14/h4,6-7,10,15H,3,5,8-9,11-12H2,1-2H3,(H,19,23)(H,20,22). The summed E-state index contributed by atoms with van der Waals surface area (Å²) in [5, 5.41) is 5.32. The minimum absolute atomic E-state index is 0.0133. The maximum atomic E-state index is 12.0. The van der Waals surface area contributed by atoms with Crippen LogP contribution in [0.1, 0.15) is 38.2 Å². The van der Waals surface area contributed by atoms with E-state index in [1.54, 1.807) is 11.0 Å². The summed E-state index contributed by atoms with van der Waals surface area (Å²) in [5.74, 6) is -0.572. The number of anilines is 1. The molecule has 1 aliphatic carbocycles. The Morgan fingerprint density at radius 3 is 2.58 bits per heavy atom. The summed E-state index contributed by atoms with van der Waals surface area (Å²) in [6, 6.07) is 7.65. The third-order valence-electron chi connectivity index (χ3n) is 3.83. The number of hydrogen-bond acceptors (Lipinski definition) is 3. The van der Waals surface area contributed by atoms with Crippen molar-refractivity contribution in [3.05, 3.63) is 29.8 Å². The molecule has 6 nitrogen and oxygen atoms in total. The van der Waals surface area contributed by atoms with Crippen LogP contribution in [-0.4, -0.2) is 41.8 Å². The molecule has 0 unspecified atom stereocenters. The minimum Gasteiger partial charge on any atom is -0.345 e. The number of rotatable bonds is 8. The maximum Gasteiger partial charge on any atom is 0.243 e. The molecule has 2 N–H and O–H groups in total.